The van der Waals surface area contributed by atoms with Crippen LogP contribution >= 0.6 is 22.7 Å². The first-order valence-corrected chi connectivity index (χ1v) is 15.3. The van der Waals surface area contributed by atoms with Crippen molar-refractivity contribution in [3.8, 4) is 22.3 Å². The lowest BCUT2D eigenvalue weighted by molar-refractivity contribution is -0.125. The second-order valence-electron chi connectivity index (χ2n) is 9.59. The van der Waals surface area contributed by atoms with Crippen molar-refractivity contribution in [1.29, 1.82) is 0 Å². The summed E-state index contributed by atoms with van der Waals surface area (Å²) in [5, 5.41) is 15.7. The summed E-state index contributed by atoms with van der Waals surface area (Å²) in [6.07, 6.45) is 1.59. The van der Waals surface area contributed by atoms with Crippen LogP contribution in [0.5, 0.6) is 0 Å². The van der Waals surface area contributed by atoms with Crippen LogP contribution in [0.25, 0.3) is 22.3 Å². The fourth-order valence-electron chi connectivity index (χ4n) is 4.51. The summed E-state index contributed by atoms with van der Waals surface area (Å²) < 4.78 is 10.8. The van der Waals surface area contributed by atoms with Gasteiger partial charge >= 0.3 is 11.9 Å². The van der Waals surface area contributed by atoms with E-state index in [0.29, 0.717) is 16.1 Å². The van der Waals surface area contributed by atoms with E-state index >= 15 is 0 Å². The van der Waals surface area contributed by atoms with E-state index in [4.69, 9.17) is 9.47 Å². The number of amides is 2. The fraction of sp³-hybridized carbons (Fsp3) is 0.250. The lowest BCUT2D eigenvalue weighted by Crippen LogP contribution is -2.24. The summed E-state index contributed by atoms with van der Waals surface area (Å²) in [4.78, 5) is 52.2. The zero-order valence-electron chi connectivity index (χ0n) is 24.0. The Hall–Kier alpha value is -4.32. The molecule has 0 atom stereocenters. The second kappa shape index (κ2) is 14.7. The highest BCUT2D eigenvalue weighted by molar-refractivity contribution is 7.17. The van der Waals surface area contributed by atoms with Crippen LogP contribution in [0, 0.1) is 13.8 Å². The molecule has 0 aliphatic carbocycles. The van der Waals surface area contributed by atoms with Crippen molar-refractivity contribution < 1.29 is 33.8 Å². The number of carboxylic acids is 1. The highest BCUT2D eigenvalue weighted by Crippen LogP contribution is 2.41. The van der Waals surface area contributed by atoms with Gasteiger partial charge in [0.15, 0.2) is 0 Å². The van der Waals surface area contributed by atoms with Gasteiger partial charge in [0.2, 0.25) is 0 Å². The van der Waals surface area contributed by atoms with Crippen LogP contribution in [-0.2, 0) is 19.1 Å². The molecule has 9 nitrogen and oxygen atoms in total. The zero-order valence-corrected chi connectivity index (χ0v) is 25.7. The van der Waals surface area contributed by atoms with E-state index in [1.807, 2.05) is 74.5 Å². The van der Waals surface area contributed by atoms with Crippen LogP contribution in [0.4, 0.5) is 10.0 Å². The van der Waals surface area contributed by atoms with Gasteiger partial charge in [-0.15, -0.1) is 22.7 Å². The predicted molar refractivity (Wildman–Crippen MR) is 169 cm³/mol. The van der Waals surface area contributed by atoms with Gasteiger partial charge in [0, 0.05) is 20.9 Å². The summed E-state index contributed by atoms with van der Waals surface area (Å²) in [5.41, 5.74) is 3.07. The monoisotopic (exact) mass is 620 g/mol. The molecule has 4 rings (SSSR count). The van der Waals surface area contributed by atoms with Gasteiger partial charge in [-0.3, -0.25) is 9.59 Å². The lowest BCUT2D eigenvalue weighted by Gasteiger charge is -2.10. The Balaban J connectivity index is 1.42. The van der Waals surface area contributed by atoms with E-state index in [0.717, 1.165) is 45.1 Å². The molecular formula is C32H32N2O7S2. The molecule has 0 saturated carbocycles. The molecule has 4 aromatic rings. The molecule has 0 spiro atoms. The summed E-state index contributed by atoms with van der Waals surface area (Å²) in [6.45, 7) is 4.99. The quantitative estimate of drug-likeness (QED) is 0.108. The first-order valence-electron chi connectivity index (χ1n) is 13.7. The number of carbonyl (C=O) groups is 4. The van der Waals surface area contributed by atoms with Crippen molar-refractivity contribution >= 4 is 56.4 Å². The van der Waals surface area contributed by atoms with Gasteiger partial charge in [-0.2, -0.15) is 0 Å². The third kappa shape index (κ3) is 7.75. The van der Waals surface area contributed by atoms with Crippen LogP contribution in [0.15, 0.2) is 60.7 Å². The number of anilines is 2. The number of carbonyl (C=O) groups excluding carboxylic acids is 3. The Morgan fingerprint density at radius 1 is 0.744 bits per heavy atom. The van der Waals surface area contributed by atoms with Crippen LogP contribution in [0.2, 0.25) is 0 Å². The number of esters is 1. The number of benzene rings is 2. The number of thiophene rings is 2. The minimum Gasteiger partial charge on any atom is -0.478 e. The van der Waals surface area contributed by atoms with Gasteiger partial charge < -0.3 is 25.2 Å². The minimum absolute atomic E-state index is 0.000399. The van der Waals surface area contributed by atoms with Crippen LogP contribution in [-0.4, -0.2) is 48.7 Å². The average Bonchev–Trinajstić information content (AvgIpc) is 3.49. The Bertz CT molecular complexity index is 1610. The average molecular weight is 621 g/mol. The number of rotatable bonds is 13. The molecule has 0 aliphatic heterocycles. The molecule has 3 N–H and O–H groups in total. The lowest BCUT2D eigenvalue weighted by atomic mass is 10.0. The Morgan fingerprint density at radius 2 is 1.21 bits per heavy atom. The molecule has 2 heterocycles. The van der Waals surface area contributed by atoms with E-state index in [-0.39, 0.29) is 22.7 Å². The number of hydrogen-bond acceptors (Lipinski definition) is 8. The minimum atomic E-state index is -1.16. The van der Waals surface area contributed by atoms with E-state index < -0.39 is 37.0 Å². The molecule has 0 radical (unpaired) electrons. The van der Waals surface area contributed by atoms with E-state index in [1.165, 1.54) is 11.3 Å². The van der Waals surface area contributed by atoms with Gasteiger partial charge in [0.05, 0.1) is 6.61 Å². The SMILES string of the molecule is CCCCOC(=O)c1c(NC(=O)COCC(=O)Nc2sc(C)c(-c3ccccc3)c2C(=O)O)sc(C)c1-c1ccccc1. The number of carboxylic acid groups (broad SMARTS) is 1. The summed E-state index contributed by atoms with van der Waals surface area (Å²) in [5.74, 6) is -2.85. The molecule has 0 fully saturated rings. The number of unbranched alkanes of at least 4 members (excludes halogenated alkanes) is 1. The first kappa shape index (κ1) is 31.6. The third-order valence-corrected chi connectivity index (χ3v) is 8.46. The Labute approximate surface area is 257 Å². The molecular weight excluding hydrogens is 588 g/mol. The zero-order chi connectivity index (χ0) is 30.9. The fourth-order valence-corrected chi connectivity index (χ4v) is 6.68. The molecule has 43 heavy (non-hydrogen) atoms. The van der Waals surface area contributed by atoms with Gasteiger partial charge in [-0.1, -0.05) is 74.0 Å². The molecule has 224 valence electrons. The number of hydrogen-bond donors (Lipinski definition) is 3. The van der Waals surface area contributed by atoms with Crippen LogP contribution in [0.1, 0.15) is 50.2 Å². The van der Waals surface area contributed by atoms with Gasteiger partial charge in [0.25, 0.3) is 11.8 Å². The predicted octanol–water partition coefficient (Wildman–Crippen LogP) is 7.01. The largest absolute Gasteiger partial charge is 0.478 e. The Morgan fingerprint density at radius 3 is 1.67 bits per heavy atom. The van der Waals surface area contributed by atoms with Crippen molar-refractivity contribution in [2.24, 2.45) is 0 Å². The summed E-state index contributed by atoms with van der Waals surface area (Å²) >= 11 is 2.41. The molecule has 2 aromatic heterocycles. The summed E-state index contributed by atoms with van der Waals surface area (Å²) in [7, 11) is 0. The number of nitrogens with one attached hydrogen (secondary N) is 2. The molecule has 0 aliphatic rings. The van der Waals surface area contributed by atoms with Crippen LogP contribution < -0.4 is 10.6 Å². The molecule has 0 saturated heterocycles. The molecule has 0 bridgehead atoms. The second-order valence-corrected chi connectivity index (χ2v) is 12.0. The maximum atomic E-state index is 13.1. The molecule has 2 amide bonds. The van der Waals surface area contributed by atoms with Gasteiger partial charge in [-0.25, -0.2) is 9.59 Å². The highest BCUT2D eigenvalue weighted by Gasteiger charge is 2.26. The van der Waals surface area contributed by atoms with Crippen molar-refractivity contribution in [3.05, 3.63) is 81.5 Å². The Kier molecular flexibility index (Phi) is 10.8. The van der Waals surface area contributed by atoms with Crippen molar-refractivity contribution in [1.82, 2.24) is 0 Å². The van der Waals surface area contributed by atoms with Gasteiger partial charge in [0.1, 0.15) is 34.3 Å². The number of aromatic carboxylic acids is 1. The normalized spacial score (nSPS) is 10.8. The topological polar surface area (TPSA) is 131 Å². The first-order chi connectivity index (χ1) is 20.7. The van der Waals surface area contributed by atoms with Crippen molar-refractivity contribution in [3.63, 3.8) is 0 Å². The standard InChI is InChI=1S/C32H32N2O7S2/c1-4-5-16-41-32(39)28-26(22-14-10-7-11-15-22)20(3)43-30(28)34-24(36)18-40-17-23(35)33-29-27(31(37)38)25(19(2)42-29)21-12-8-6-9-13-21/h6-15H,4-5,16-18H2,1-3H3,(H,33,35)(H,34,36)(H,37,38). The van der Waals surface area contributed by atoms with E-state index in [9.17, 15) is 24.3 Å². The van der Waals surface area contributed by atoms with Crippen molar-refractivity contribution in [2.75, 3.05) is 30.5 Å². The molecule has 2 aromatic carbocycles. The maximum absolute atomic E-state index is 13.1. The number of aryl methyl sites for hydroxylation is 2. The third-order valence-electron chi connectivity index (χ3n) is 6.41. The maximum Gasteiger partial charge on any atom is 0.341 e. The smallest absolute Gasteiger partial charge is 0.341 e. The molecule has 0 unspecified atom stereocenters. The summed E-state index contributed by atoms with van der Waals surface area (Å²) in [6, 6.07) is 18.5. The number of ether oxygens (including phenoxy) is 2. The molecule has 11 heteroatoms. The van der Waals surface area contributed by atoms with Crippen molar-refractivity contribution in [2.45, 2.75) is 33.6 Å². The van der Waals surface area contributed by atoms with E-state index in [2.05, 4.69) is 10.6 Å². The van der Waals surface area contributed by atoms with Crippen LogP contribution in [0.3, 0.4) is 0 Å². The van der Waals surface area contributed by atoms with Gasteiger partial charge in [-0.05, 0) is 31.4 Å². The van der Waals surface area contributed by atoms with E-state index in [1.54, 1.807) is 6.92 Å². The highest BCUT2D eigenvalue weighted by atomic mass is 32.1.